The van der Waals surface area contributed by atoms with Crippen LogP contribution in [0.25, 0.3) is 16.7 Å². The lowest BCUT2D eigenvalue weighted by molar-refractivity contribution is 0.988. The van der Waals surface area contributed by atoms with Crippen LogP contribution in [0.4, 0.5) is 0 Å². The average Bonchev–Trinajstić information content (AvgIpc) is 2.74. The molecule has 0 amide bonds. The molecule has 3 aromatic heterocycles. The maximum atomic E-state index is 11.4. The Morgan fingerprint density at radius 2 is 2.06 bits per heavy atom. The summed E-state index contributed by atoms with van der Waals surface area (Å²) >= 11 is 0. The monoisotopic (exact) mass is 240 g/mol. The topological polar surface area (TPSA) is 63.6 Å². The van der Waals surface area contributed by atoms with E-state index in [2.05, 4.69) is 15.0 Å². The van der Waals surface area contributed by atoms with Gasteiger partial charge in [0.15, 0.2) is 0 Å². The van der Waals surface area contributed by atoms with E-state index < -0.39 is 0 Å². The Balaban J connectivity index is 2.38. The minimum Gasteiger partial charge on any atom is -0.322 e. The summed E-state index contributed by atoms with van der Waals surface area (Å²) in [7, 11) is 0. The minimum atomic E-state index is -0.110. The molecule has 0 aliphatic heterocycles. The van der Waals surface area contributed by atoms with Gasteiger partial charge in [-0.2, -0.15) is 0 Å². The molecule has 0 saturated heterocycles. The van der Waals surface area contributed by atoms with Crippen molar-refractivity contribution in [1.29, 1.82) is 0 Å². The normalized spacial score (nSPS) is 11.0. The van der Waals surface area contributed by atoms with Gasteiger partial charge in [0.1, 0.15) is 12.1 Å². The zero-order valence-corrected chi connectivity index (χ0v) is 10.1. The van der Waals surface area contributed by atoms with Crippen LogP contribution in [0.2, 0.25) is 0 Å². The summed E-state index contributed by atoms with van der Waals surface area (Å²) in [5.41, 5.74) is 2.46. The van der Waals surface area contributed by atoms with E-state index in [1.165, 1.54) is 6.07 Å². The van der Waals surface area contributed by atoms with Crippen LogP contribution in [-0.2, 0) is 0 Å². The predicted molar refractivity (Wildman–Crippen MR) is 69.0 cm³/mol. The molecule has 0 radical (unpaired) electrons. The van der Waals surface area contributed by atoms with E-state index >= 15 is 0 Å². The number of aryl methyl sites for hydroxylation is 2. The number of imidazole rings is 1. The Morgan fingerprint density at radius 3 is 2.78 bits per heavy atom. The first-order valence-electron chi connectivity index (χ1n) is 5.65. The molecule has 0 fully saturated rings. The molecule has 1 N–H and O–H groups in total. The van der Waals surface area contributed by atoms with Crippen LogP contribution in [0.3, 0.4) is 0 Å². The van der Waals surface area contributed by atoms with Crippen molar-refractivity contribution in [3.63, 3.8) is 0 Å². The third-order valence-corrected chi connectivity index (χ3v) is 2.78. The van der Waals surface area contributed by atoms with Crippen LogP contribution in [0.5, 0.6) is 0 Å². The number of hydrogen-bond donors (Lipinski definition) is 1. The SMILES string of the molecule is Cc1cn(-c2nc(C)cc3[nH]c(=O)ccc23)cn1. The summed E-state index contributed by atoms with van der Waals surface area (Å²) in [6.45, 7) is 3.83. The molecule has 5 heteroatoms. The average molecular weight is 240 g/mol. The molecule has 3 heterocycles. The first-order valence-corrected chi connectivity index (χ1v) is 5.65. The van der Waals surface area contributed by atoms with Gasteiger partial charge in [0.25, 0.3) is 0 Å². The maximum absolute atomic E-state index is 11.4. The molecule has 0 aliphatic rings. The number of nitrogens with zero attached hydrogens (tertiary/aromatic N) is 3. The first kappa shape index (κ1) is 10.7. The lowest BCUT2D eigenvalue weighted by Crippen LogP contribution is -2.06. The Morgan fingerprint density at radius 1 is 1.22 bits per heavy atom. The van der Waals surface area contributed by atoms with Gasteiger partial charge >= 0.3 is 0 Å². The zero-order valence-electron chi connectivity index (χ0n) is 10.1. The fourth-order valence-corrected chi connectivity index (χ4v) is 2.00. The van der Waals surface area contributed by atoms with Crippen molar-refractivity contribution in [2.75, 3.05) is 0 Å². The Hall–Kier alpha value is -2.43. The molecule has 18 heavy (non-hydrogen) atoms. The van der Waals surface area contributed by atoms with Crippen LogP contribution >= 0.6 is 0 Å². The van der Waals surface area contributed by atoms with E-state index in [4.69, 9.17) is 0 Å². The van der Waals surface area contributed by atoms with Crippen LogP contribution in [0.1, 0.15) is 11.4 Å². The van der Waals surface area contributed by atoms with Crippen LogP contribution in [0.15, 0.2) is 35.5 Å². The largest absolute Gasteiger partial charge is 0.322 e. The van der Waals surface area contributed by atoms with E-state index in [0.29, 0.717) is 0 Å². The van der Waals surface area contributed by atoms with Gasteiger partial charge in [-0.25, -0.2) is 9.97 Å². The Bertz CT molecular complexity index is 785. The molecule has 3 aromatic rings. The second-order valence-electron chi connectivity index (χ2n) is 4.29. The summed E-state index contributed by atoms with van der Waals surface area (Å²) in [6, 6.07) is 5.15. The molecule has 0 spiro atoms. The molecular formula is C13H12N4O. The smallest absolute Gasteiger partial charge is 0.248 e. The highest BCUT2D eigenvalue weighted by Crippen LogP contribution is 2.18. The fourth-order valence-electron chi connectivity index (χ4n) is 2.00. The number of hydrogen-bond acceptors (Lipinski definition) is 3. The molecule has 3 rings (SSSR count). The quantitative estimate of drug-likeness (QED) is 0.704. The minimum absolute atomic E-state index is 0.110. The van der Waals surface area contributed by atoms with Gasteiger partial charge in [0.05, 0.1) is 11.2 Å². The van der Waals surface area contributed by atoms with Gasteiger partial charge in [-0.05, 0) is 26.0 Å². The lowest BCUT2D eigenvalue weighted by atomic mass is 10.2. The van der Waals surface area contributed by atoms with Crippen molar-refractivity contribution in [2.24, 2.45) is 0 Å². The van der Waals surface area contributed by atoms with E-state index in [9.17, 15) is 4.79 Å². The fraction of sp³-hybridized carbons (Fsp3) is 0.154. The van der Waals surface area contributed by atoms with Crippen molar-refractivity contribution >= 4 is 10.9 Å². The maximum Gasteiger partial charge on any atom is 0.248 e. The molecular weight excluding hydrogens is 228 g/mol. The standard InChI is InChI=1S/C13H12N4O/c1-8-5-11-10(3-4-12(18)16-11)13(15-8)17-6-9(2)14-7-17/h3-7H,1-2H3,(H,16,18). The highest BCUT2D eigenvalue weighted by atomic mass is 16.1. The molecule has 0 atom stereocenters. The molecule has 0 saturated carbocycles. The highest BCUT2D eigenvalue weighted by molar-refractivity contribution is 5.85. The third kappa shape index (κ3) is 1.69. The second kappa shape index (κ2) is 3.80. The van der Waals surface area contributed by atoms with Crippen LogP contribution in [-0.4, -0.2) is 19.5 Å². The van der Waals surface area contributed by atoms with Crippen molar-refractivity contribution in [3.8, 4) is 5.82 Å². The molecule has 0 bridgehead atoms. The van der Waals surface area contributed by atoms with Crippen molar-refractivity contribution in [2.45, 2.75) is 13.8 Å². The molecule has 0 unspecified atom stereocenters. The van der Waals surface area contributed by atoms with E-state index in [-0.39, 0.29) is 5.56 Å². The number of nitrogens with one attached hydrogen (secondary N) is 1. The van der Waals surface area contributed by atoms with E-state index in [1.807, 2.05) is 30.7 Å². The second-order valence-corrected chi connectivity index (χ2v) is 4.29. The van der Waals surface area contributed by atoms with Crippen LogP contribution in [0, 0.1) is 13.8 Å². The summed E-state index contributed by atoms with van der Waals surface area (Å²) in [4.78, 5) is 22.9. The van der Waals surface area contributed by atoms with Gasteiger partial charge in [0, 0.05) is 23.3 Å². The van der Waals surface area contributed by atoms with Gasteiger partial charge in [-0.3, -0.25) is 9.36 Å². The Labute approximate surface area is 103 Å². The molecule has 0 aromatic carbocycles. The lowest BCUT2D eigenvalue weighted by Gasteiger charge is -2.07. The number of rotatable bonds is 1. The number of H-pyrrole nitrogens is 1. The molecule has 5 nitrogen and oxygen atoms in total. The molecule has 90 valence electrons. The van der Waals surface area contributed by atoms with Gasteiger partial charge in [-0.15, -0.1) is 0 Å². The zero-order chi connectivity index (χ0) is 12.7. The van der Waals surface area contributed by atoms with E-state index in [0.717, 1.165) is 28.1 Å². The molecule has 0 aliphatic carbocycles. The first-order chi connectivity index (χ1) is 8.63. The summed E-state index contributed by atoms with van der Waals surface area (Å²) in [5, 5.41) is 0.901. The summed E-state index contributed by atoms with van der Waals surface area (Å²) in [6.07, 6.45) is 3.63. The van der Waals surface area contributed by atoms with Gasteiger partial charge in [0.2, 0.25) is 5.56 Å². The van der Waals surface area contributed by atoms with Gasteiger partial charge < -0.3 is 4.98 Å². The van der Waals surface area contributed by atoms with E-state index in [1.54, 1.807) is 12.4 Å². The van der Waals surface area contributed by atoms with Crippen molar-refractivity contribution in [3.05, 3.63) is 52.5 Å². The Kier molecular flexibility index (Phi) is 2.26. The number of aromatic nitrogens is 4. The third-order valence-electron chi connectivity index (χ3n) is 2.78. The number of pyridine rings is 2. The van der Waals surface area contributed by atoms with Crippen LogP contribution < -0.4 is 5.56 Å². The summed E-state index contributed by atoms with van der Waals surface area (Å²) < 4.78 is 1.86. The number of fused-ring (bicyclic) bond motifs is 1. The highest BCUT2D eigenvalue weighted by Gasteiger charge is 2.07. The van der Waals surface area contributed by atoms with Crippen molar-refractivity contribution < 1.29 is 0 Å². The van der Waals surface area contributed by atoms with Crippen molar-refractivity contribution in [1.82, 2.24) is 19.5 Å². The summed E-state index contributed by atoms with van der Waals surface area (Å²) in [5.74, 6) is 0.779. The van der Waals surface area contributed by atoms with Gasteiger partial charge in [-0.1, -0.05) is 0 Å². The predicted octanol–water partition coefficient (Wildman–Crippen LogP) is 1.73. The number of aromatic amines is 1.